The molecule has 1 saturated carbocycles. The van der Waals surface area contributed by atoms with Gasteiger partial charge >= 0.3 is 0 Å². The lowest BCUT2D eigenvalue weighted by Gasteiger charge is -2.37. The molecule has 3 nitrogen and oxygen atoms in total. The predicted octanol–water partition coefficient (Wildman–Crippen LogP) is 3.00. The van der Waals surface area contributed by atoms with E-state index in [9.17, 15) is 0 Å². The maximum atomic E-state index is 8.99. The molecule has 1 N–H and O–H groups in total. The van der Waals surface area contributed by atoms with Gasteiger partial charge in [-0.2, -0.15) is 0 Å². The molecule has 2 rings (SSSR count). The molecule has 1 aliphatic carbocycles. The monoisotopic (exact) mass is 268 g/mol. The highest BCUT2D eigenvalue weighted by Gasteiger charge is 2.25. The summed E-state index contributed by atoms with van der Waals surface area (Å²) in [4.78, 5) is 7.21. The summed E-state index contributed by atoms with van der Waals surface area (Å²) in [6, 6.07) is 0.723. The number of nitrogens with zero attached hydrogens (tertiary/aromatic N) is 2. The minimum absolute atomic E-state index is 0.289. The van der Waals surface area contributed by atoms with E-state index in [-0.39, 0.29) is 6.61 Å². The van der Waals surface area contributed by atoms with Crippen molar-refractivity contribution in [3.63, 3.8) is 0 Å². The zero-order chi connectivity index (χ0) is 13.0. The first kappa shape index (κ1) is 14.0. The van der Waals surface area contributed by atoms with Gasteiger partial charge in [-0.3, -0.25) is 4.90 Å². The van der Waals surface area contributed by atoms with Gasteiger partial charge in [-0.1, -0.05) is 20.3 Å². The van der Waals surface area contributed by atoms with Crippen LogP contribution in [0.1, 0.15) is 56.2 Å². The SMILES string of the molecule is CC(C)c1nc(CN(CCCO)C2CCC2)cs1. The molecule has 0 unspecified atom stereocenters. The van der Waals surface area contributed by atoms with Crippen molar-refractivity contribution >= 4 is 11.3 Å². The van der Waals surface area contributed by atoms with Crippen LogP contribution in [0.4, 0.5) is 0 Å². The van der Waals surface area contributed by atoms with Crippen LogP contribution in [-0.4, -0.2) is 34.2 Å². The topological polar surface area (TPSA) is 36.4 Å². The molecule has 0 bridgehead atoms. The van der Waals surface area contributed by atoms with Gasteiger partial charge in [-0.05, 0) is 19.3 Å². The molecule has 1 aliphatic rings. The summed E-state index contributed by atoms with van der Waals surface area (Å²) in [5.41, 5.74) is 1.20. The normalized spacial score (nSPS) is 16.5. The van der Waals surface area contributed by atoms with Crippen molar-refractivity contribution in [2.24, 2.45) is 0 Å². The van der Waals surface area contributed by atoms with E-state index in [2.05, 4.69) is 24.1 Å². The Balaban J connectivity index is 1.93. The average molecular weight is 268 g/mol. The molecule has 1 aromatic heterocycles. The predicted molar refractivity (Wildman–Crippen MR) is 76.0 cm³/mol. The smallest absolute Gasteiger partial charge is 0.0954 e. The van der Waals surface area contributed by atoms with E-state index in [4.69, 9.17) is 10.1 Å². The molecule has 4 heteroatoms. The molecular weight excluding hydrogens is 244 g/mol. The van der Waals surface area contributed by atoms with Crippen LogP contribution in [0.3, 0.4) is 0 Å². The fraction of sp³-hybridized carbons (Fsp3) is 0.786. The number of aliphatic hydroxyl groups excluding tert-OH is 1. The van der Waals surface area contributed by atoms with E-state index in [1.54, 1.807) is 11.3 Å². The lowest BCUT2D eigenvalue weighted by Crippen LogP contribution is -2.40. The van der Waals surface area contributed by atoms with E-state index in [1.165, 1.54) is 30.0 Å². The second-order valence-electron chi connectivity index (χ2n) is 5.46. The molecule has 1 aromatic rings. The Morgan fingerprint density at radius 2 is 2.28 bits per heavy atom. The molecular formula is C14H24N2OS. The third-order valence-corrected chi connectivity index (χ3v) is 4.82. The lowest BCUT2D eigenvalue weighted by atomic mass is 9.91. The first-order chi connectivity index (χ1) is 8.70. The number of aromatic nitrogens is 1. The van der Waals surface area contributed by atoms with Crippen LogP contribution in [0.5, 0.6) is 0 Å². The van der Waals surface area contributed by atoms with E-state index in [0.29, 0.717) is 5.92 Å². The van der Waals surface area contributed by atoms with Crippen molar-refractivity contribution in [2.45, 2.75) is 58.0 Å². The van der Waals surface area contributed by atoms with Crippen LogP contribution in [0.15, 0.2) is 5.38 Å². The second-order valence-corrected chi connectivity index (χ2v) is 6.35. The standard InChI is InChI=1S/C14H24N2OS/c1-11(2)14-15-12(10-18-14)9-16(7-4-8-17)13-5-3-6-13/h10-11,13,17H,3-9H2,1-2H3. The van der Waals surface area contributed by atoms with Crippen molar-refractivity contribution in [1.82, 2.24) is 9.88 Å². The van der Waals surface area contributed by atoms with Gasteiger partial charge in [0.25, 0.3) is 0 Å². The van der Waals surface area contributed by atoms with Crippen LogP contribution in [-0.2, 0) is 6.54 Å². The summed E-state index contributed by atoms with van der Waals surface area (Å²) >= 11 is 1.77. The fourth-order valence-electron chi connectivity index (χ4n) is 2.28. The van der Waals surface area contributed by atoms with Crippen molar-refractivity contribution in [2.75, 3.05) is 13.2 Å². The largest absolute Gasteiger partial charge is 0.396 e. The Hall–Kier alpha value is -0.450. The Bertz CT molecular complexity index is 360. The molecule has 0 aromatic carbocycles. The number of aliphatic hydroxyl groups is 1. The number of hydrogen-bond acceptors (Lipinski definition) is 4. The molecule has 1 heterocycles. The Morgan fingerprint density at radius 3 is 2.78 bits per heavy atom. The van der Waals surface area contributed by atoms with Crippen LogP contribution >= 0.6 is 11.3 Å². The van der Waals surface area contributed by atoms with Crippen LogP contribution < -0.4 is 0 Å². The minimum Gasteiger partial charge on any atom is -0.396 e. The van der Waals surface area contributed by atoms with Crippen molar-refractivity contribution in [3.05, 3.63) is 16.1 Å². The van der Waals surface area contributed by atoms with E-state index >= 15 is 0 Å². The van der Waals surface area contributed by atoms with Gasteiger partial charge in [-0.25, -0.2) is 4.98 Å². The van der Waals surface area contributed by atoms with Gasteiger partial charge in [0.2, 0.25) is 0 Å². The summed E-state index contributed by atoms with van der Waals surface area (Å²) in [7, 11) is 0. The van der Waals surface area contributed by atoms with Gasteiger partial charge in [-0.15, -0.1) is 11.3 Å². The van der Waals surface area contributed by atoms with Crippen LogP contribution in [0, 0.1) is 0 Å². The first-order valence-corrected chi connectivity index (χ1v) is 7.88. The van der Waals surface area contributed by atoms with E-state index in [0.717, 1.165) is 25.6 Å². The highest BCUT2D eigenvalue weighted by molar-refractivity contribution is 7.09. The fourth-order valence-corrected chi connectivity index (χ4v) is 3.11. The molecule has 102 valence electrons. The maximum Gasteiger partial charge on any atom is 0.0954 e. The van der Waals surface area contributed by atoms with Gasteiger partial charge in [0.1, 0.15) is 0 Å². The molecule has 0 spiro atoms. The highest BCUT2D eigenvalue weighted by atomic mass is 32.1. The van der Waals surface area contributed by atoms with Gasteiger partial charge in [0.15, 0.2) is 0 Å². The molecule has 1 fully saturated rings. The maximum absolute atomic E-state index is 8.99. The van der Waals surface area contributed by atoms with Gasteiger partial charge in [0.05, 0.1) is 10.7 Å². The number of hydrogen-bond donors (Lipinski definition) is 1. The third-order valence-electron chi connectivity index (χ3n) is 3.62. The van der Waals surface area contributed by atoms with Gasteiger partial charge in [0, 0.05) is 37.0 Å². The summed E-state index contributed by atoms with van der Waals surface area (Å²) in [6.07, 6.45) is 4.85. The minimum atomic E-state index is 0.289. The molecule has 0 saturated heterocycles. The Labute approximate surface area is 114 Å². The molecule has 18 heavy (non-hydrogen) atoms. The van der Waals surface area contributed by atoms with Crippen LogP contribution in [0.2, 0.25) is 0 Å². The molecule has 0 atom stereocenters. The zero-order valence-electron chi connectivity index (χ0n) is 11.4. The zero-order valence-corrected chi connectivity index (χ0v) is 12.2. The summed E-state index contributed by atoms with van der Waals surface area (Å²) in [6.45, 7) is 6.62. The lowest BCUT2D eigenvalue weighted by molar-refractivity contribution is 0.108. The second kappa shape index (κ2) is 6.64. The molecule has 0 aliphatic heterocycles. The van der Waals surface area contributed by atoms with Crippen molar-refractivity contribution < 1.29 is 5.11 Å². The Kier molecular flexibility index (Phi) is 5.15. The van der Waals surface area contributed by atoms with Gasteiger partial charge < -0.3 is 5.11 Å². The summed E-state index contributed by atoms with van der Waals surface area (Å²) < 4.78 is 0. The molecule has 0 amide bonds. The van der Waals surface area contributed by atoms with Crippen LogP contribution in [0.25, 0.3) is 0 Å². The Morgan fingerprint density at radius 1 is 1.50 bits per heavy atom. The summed E-state index contributed by atoms with van der Waals surface area (Å²) in [5.74, 6) is 0.526. The molecule has 0 radical (unpaired) electrons. The number of thiazole rings is 1. The van der Waals surface area contributed by atoms with Crippen molar-refractivity contribution in [1.29, 1.82) is 0 Å². The quantitative estimate of drug-likeness (QED) is 0.826. The van der Waals surface area contributed by atoms with E-state index in [1.807, 2.05) is 0 Å². The average Bonchev–Trinajstić information content (AvgIpc) is 2.72. The third kappa shape index (κ3) is 3.53. The van der Waals surface area contributed by atoms with E-state index < -0.39 is 0 Å². The number of rotatable bonds is 7. The van der Waals surface area contributed by atoms with Crippen molar-refractivity contribution in [3.8, 4) is 0 Å². The summed E-state index contributed by atoms with van der Waals surface area (Å²) in [5, 5.41) is 12.4. The first-order valence-electron chi connectivity index (χ1n) is 7.00. The highest BCUT2D eigenvalue weighted by Crippen LogP contribution is 2.27.